The first-order valence-corrected chi connectivity index (χ1v) is 9.95. The van der Waals surface area contributed by atoms with E-state index >= 15 is 0 Å². The van der Waals surface area contributed by atoms with E-state index in [2.05, 4.69) is 49.7 Å². The minimum absolute atomic E-state index is 0.638. The highest BCUT2D eigenvalue weighted by Gasteiger charge is 2.18. The Morgan fingerprint density at radius 2 is 1.53 bits per heavy atom. The first-order chi connectivity index (χ1) is 14.8. The van der Waals surface area contributed by atoms with Crippen LogP contribution >= 0.6 is 0 Å². The summed E-state index contributed by atoms with van der Waals surface area (Å²) in [6.45, 7) is 1.68. The van der Waals surface area contributed by atoms with E-state index in [-0.39, 0.29) is 0 Å². The Bertz CT molecular complexity index is 1130. The zero-order valence-corrected chi connectivity index (χ0v) is 16.4. The molecule has 0 unspecified atom stereocenters. The van der Waals surface area contributed by atoms with Crippen LogP contribution in [0, 0.1) is 0 Å². The van der Waals surface area contributed by atoms with Gasteiger partial charge < -0.3 is 15.0 Å². The van der Waals surface area contributed by atoms with Crippen molar-refractivity contribution in [2.24, 2.45) is 0 Å². The van der Waals surface area contributed by atoms with Gasteiger partial charge in [-0.2, -0.15) is 10.1 Å². The standard InChI is InChI=1S/C24H21N5O/c1-2-8-21(9-3-1)30-22-12-10-20(11-13-22)26-23-16-25-28-24(27-23)29-15-14-18-6-4-5-7-19(18)17-29/h1-13,16H,14-15,17H2,(H,26,27,28). The Kier molecular flexibility index (Phi) is 4.96. The Morgan fingerprint density at radius 1 is 0.800 bits per heavy atom. The Labute approximate surface area is 175 Å². The number of nitrogens with zero attached hydrogens (tertiary/aromatic N) is 4. The second-order valence-electron chi connectivity index (χ2n) is 7.15. The van der Waals surface area contributed by atoms with Crippen molar-refractivity contribution < 1.29 is 4.74 Å². The topological polar surface area (TPSA) is 63.2 Å². The van der Waals surface area contributed by atoms with Crippen LogP contribution in [0.25, 0.3) is 0 Å². The third-order valence-electron chi connectivity index (χ3n) is 5.07. The molecule has 1 aliphatic rings. The number of rotatable bonds is 5. The van der Waals surface area contributed by atoms with Gasteiger partial charge in [-0.1, -0.05) is 42.5 Å². The van der Waals surface area contributed by atoms with Crippen molar-refractivity contribution in [1.29, 1.82) is 0 Å². The van der Waals surface area contributed by atoms with E-state index in [4.69, 9.17) is 4.74 Å². The van der Waals surface area contributed by atoms with E-state index in [0.29, 0.717) is 11.8 Å². The molecule has 0 saturated carbocycles. The number of anilines is 3. The van der Waals surface area contributed by atoms with Crippen molar-refractivity contribution in [2.45, 2.75) is 13.0 Å². The third kappa shape index (κ3) is 4.07. The van der Waals surface area contributed by atoms with Gasteiger partial charge in [0.15, 0.2) is 5.82 Å². The average molecular weight is 395 g/mol. The second-order valence-corrected chi connectivity index (χ2v) is 7.15. The molecule has 1 N–H and O–H groups in total. The molecule has 3 aromatic carbocycles. The van der Waals surface area contributed by atoms with Crippen molar-refractivity contribution in [1.82, 2.24) is 15.2 Å². The molecule has 0 radical (unpaired) electrons. The Balaban J connectivity index is 1.27. The summed E-state index contributed by atoms with van der Waals surface area (Å²) in [6.07, 6.45) is 2.62. The largest absolute Gasteiger partial charge is 0.457 e. The van der Waals surface area contributed by atoms with Crippen LogP contribution in [0.5, 0.6) is 11.5 Å². The van der Waals surface area contributed by atoms with Gasteiger partial charge in [-0.05, 0) is 53.9 Å². The van der Waals surface area contributed by atoms with Crippen molar-refractivity contribution in [2.75, 3.05) is 16.8 Å². The molecule has 6 nitrogen and oxygen atoms in total. The van der Waals surface area contributed by atoms with Crippen LogP contribution in [0.1, 0.15) is 11.1 Å². The predicted molar refractivity (Wildman–Crippen MR) is 117 cm³/mol. The first kappa shape index (κ1) is 18.1. The van der Waals surface area contributed by atoms with E-state index in [1.165, 1.54) is 11.1 Å². The molecule has 1 aliphatic heterocycles. The fourth-order valence-corrected chi connectivity index (χ4v) is 3.53. The van der Waals surface area contributed by atoms with Gasteiger partial charge in [0, 0.05) is 18.8 Å². The molecular formula is C24H21N5O. The van der Waals surface area contributed by atoms with Crippen LogP contribution < -0.4 is 15.0 Å². The molecular weight excluding hydrogens is 374 g/mol. The molecule has 148 valence electrons. The molecule has 5 rings (SSSR count). The number of nitrogens with one attached hydrogen (secondary N) is 1. The Morgan fingerprint density at radius 3 is 2.37 bits per heavy atom. The number of benzene rings is 3. The zero-order chi connectivity index (χ0) is 20.2. The smallest absolute Gasteiger partial charge is 0.247 e. The first-order valence-electron chi connectivity index (χ1n) is 9.95. The molecule has 30 heavy (non-hydrogen) atoms. The highest BCUT2D eigenvalue weighted by atomic mass is 16.5. The van der Waals surface area contributed by atoms with Crippen LogP contribution in [0.4, 0.5) is 17.5 Å². The summed E-state index contributed by atoms with van der Waals surface area (Å²) < 4.78 is 5.84. The molecule has 4 aromatic rings. The molecule has 2 heterocycles. The summed E-state index contributed by atoms with van der Waals surface area (Å²) in [6, 6.07) is 26.0. The van der Waals surface area contributed by atoms with E-state index in [9.17, 15) is 0 Å². The summed E-state index contributed by atoms with van der Waals surface area (Å²) in [4.78, 5) is 6.83. The fourth-order valence-electron chi connectivity index (χ4n) is 3.53. The lowest BCUT2D eigenvalue weighted by atomic mass is 10.0. The molecule has 0 atom stereocenters. The van der Waals surface area contributed by atoms with Gasteiger partial charge in [0.25, 0.3) is 0 Å². The summed E-state index contributed by atoms with van der Waals surface area (Å²) >= 11 is 0. The monoisotopic (exact) mass is 395 g/mol. The summed E-state index contributed by atoms with van der Waals surface area (Å²) in [5.74, 6) is 2.89. The number of fused-ring (bicyclic) bond motifs is 1. The van der Waals surface area contributed by atoms with E-state index in [0.717, 1.165) is 36.7 Å². The quantitative estimate of drug-likeness (QED) is 0.515. The normalized spacial score (nSPS) is 12.9. The maximum Gasteiger partial charge on any atom is 0.247 e. The molecule has 0 bridgehead atoms. The van der Waals surface area contributed by atoms with Crippen molar-refractivity contribution in [3.63, 3.8) is 0 Å². The highest BCUT2D eigenvalue weighted by Crippen LogP contribution is 2.25. The third-order valence-corrected chi connectivity index (χ3v) is 5.07. The van der Waals surface area contributed by atoms with Crippen LogP contribution in [-0.4, -0.2) is 21.7 Å². The van der Waals surface area contributed by atoms with Gasteiger partial charge in [0.05, 0.1) is 6.20 Å². The SMILES string of the molecule is c1ccc(Oc2ccc(Nc3cnnc(N4CCc5ccccc5C4)n3)cc2)cc1. The highest BCUT2D eigenvalue weighted by molar-refractivity contribution is 5.57. The Hall–Kier alpha value is -3.93. The number of aromatic nitrogens is 3. The van der Waals surface area contributed by atoms with E-state index in [1.807, 2.05) is 54.6 Å². The fraction of sp³-hybridized carbons (Fsp3) is 0.125. The van der Waals surface area contributed by atoms with Gasteiger partial charge in [-0.3, -0.25) is 0 Å². The van der Waals surface area contributed by atoms with Crippen LogP contribution in [0.3, 0.4) is 0 Å². The molecule has 0 fully saturated rings. The van der Waals surface area contributed by atoms with Gasteiger partial charge in [0.1, 0.15) is 11.5 Å². The lowest BCUT2D eigenvalue weighted by molar-refractivity contribution is 0.483. The number of para-hydroxylation sites is 1. The molecule has 0 amide bonds. The number of hydrogen-bond donors (Lipinski definition) is 1. The lowest BCUT2D eigenvalue weighted by Crippen LogP contribution is -2.32. The minimum atomic E-state index is 0.638. The lowest BCUT2D eigenvalue weighted by Gasteiger charge is -2.28. The van der Waals surface area contributed by atoms with Crippen LogP contribution in [-0.2, 0) is 13.0 Å². The van der Waals surface area contributed by atoms with Gasteiger partial charge in [-0.15, -0.1) is 5.10 Å². The van der Waals surface area contributed by atoms with Gasteiger partial charge >= 0.3 is 0 Å². The molecule has 0 aliphatic carbocycles. The van der Waals surface area contributed by atoms with E-state index < -0.39 is 0 Å². The maximum absolute atomic E-state index is 5.84. The zero-order valence-electron chi connectivity index (χ0n) is 16.4. The second kappa shape index (κ2) is 8.21. The van der Waals surface area contributed by atoms with Crippen LogP contribution in [0.2, 0.25) is 0 Å². The number of ether oxygens (including phenoxy) is 1. The van der Waals surface area contributed by atoms with Crippen LogP contribution in [0.15, 0.2) is 85.1 Å². The van der Waals surface area contributed by atoms with Crippen molar-refractivity contribution >= 4 is 17.5 Å². The summed E-state index contributed by atoms with van der Waals surface area (Å²) in [7, 11) is 0. The number of hydrogen-bond acceptors (Lipinski definition) is 6. The molecule has 1 aromatic heterocycles. The van der Waals surface area contributed by atoms with Gasteiger partial charge in [-0.25, -0.2) is 0 Å². The predicted octanol–water partition coefficient (Wildman–Crippen LogP) is 4.97. The summed E-state index contributed by atoms with van der Waals surface area (Å²) in [5, 5.41) is 11.7. The van der Waals surface area contributed by atoms with Crippen molar-refractivity contribution in [3.8, 4) is 11.5 Å². The van der Waals surface area contributed by atoms with Gasteiger partial charge in [0.2, 0.25) is 5.95 Å². The minimum Gasteiger partial charge on any atom is -0.457 e. The van der Waals surface area contributed by atoms with Crippen molar-refractivity contribution in [3.05, 3.63) is 96.2 Å². The molecule has 0 saturated heterocycles. The maximum atomic E-state index is 5.84. The van der Waals surface area contributed by atoms with E-state index in [1.54, 1.807) is 6.20 Å². The molecule has 6 heteroatoms. The average Bonchev–Trinajstić information content (AvgIpc) is 2.81. The summed E-state index contributed by atoms with van der Waals surface area (Å²) in [5.41, 5.74) is 3.62. The molecule has 0 spiro atoms.